The molecule has 0 atom stereocenters. The van der Waals surface area contributed by atoms with Crippen LogP contribution >= 0.6 is 0 Å². The van der Waals surface area contributed by atoms with Crippen LogP contribution in [0.5, 0.6) is 11.5 Å². The molecule has 0 bridgehead atoms. The van der Waals surface area contributed by atoms with E-state index in [0.29, 0.717) is 5.75 Å². The third-order valence-corrected chi connectivity index (χ3v) is 2.28. The fourth-order valence-corrected chi connectivity index (χ4v) is 1.52. The number of anilines is 1. The molecule has 1 rings (SSSR count). The predicted molar refractivity (Wildman–Crippen MR) is 68.2 cm³/mol. The average Bonchev–Trinajstić information content (AvgIpc) is 2.15. The number of hydrogen-bond acceptors (Lipinski definition) is 5. The topological polar surface area (TPSA) is 81.9 Å². The second-order valence-electron chi connectivity index (χ2n) is 3.31. The van der Waals surface area contributed by atoms with Crippen LogP contribution in [0.1, 0.15) is 0 Å². The number of ether oxygens (including phenoxy) is 1. The average molecular weight is 270 g/mol. The molecule has 0 aliphatic rings. The molecule has 1 aromatic carbocycles. The van der Waals surface area contributed by atoms with Crippen molar-refractivity contribution in [1.29, 1.82) is 0 Å². The second kappa shape index (κ2) is 6.46. The molecule has 8 heteroatoms. The zero-order valence-corrected chi connectivity index (χ0v) is 10.1. The predicted octanol–water partition coefficient (Wildman–Crippen LogP) is -0.305. The van der Waals surface area contributed by atoms with Crippen molar-refractivity contribution in [3.63, 3.8) is 0 Å². The van der Waals surface area contributed by atoms with Crippen molar-refractivity contribution in [1.82, 2.24) is 0 Å². The number of nitrogens with zero attached hydrogens (tertiary/aromatic N) is 1. The van der Waals surface area contributed by atoms with E-state index in [9.17, 15) is 8.42 Å². The zero-order chi connectivity index (χ0) is 12.3. The van der Waals surface area contributed by atoms with Crippen molar-refractivity contribution < 1.29 is 17.3 Å². The first-order chi connectivity index (χ1) is 7.33. The van der Waals surface area contributed by atoms with Crippen molar-refractivity contribution in [2.45, 2.75) is 0 Å². The minimum atomic E-state index is -4.04. The Hall–Kier alpha value is -0.470. The molecular weight excluding hydrogens is 255 g/mol. The Morgan fingerprint density at radius 3 is 2.24 bits per heavy atom. The van der Waals surface area contributed by atoms with E-state index in [1.54, 1.807) is 12.1 Å². The van der Waals surface area contributed by atoms with Crippen molar-refractivity contribution >= 4 is 45.5 Å². The molecule has 0 saturated heterocycles. The summed E-state index contributed by atoms with van der Waals surface area (Å²) in [5.41, 5.74) is 0.860. The van der Waals surface area contributed by atoms with Gasteiger partial charge in [-0.2, -0.15) is 13.6 Å². The molecule has 2 N–H and O–H groups in total. The first kappa shape index (κ1) is 16.5. The third-order valence-electron chi connectivity index (χ3n) is 1.87. The van der Waals surface area contributed by atoms with Gasteiger partial charge in [0.1, 0.15) is 0 Å². The summed E-state index contributed by atoms with van der Waals surface area (Å²) in [5, 5.41) is 4.77. The second-order valence-corrected chi connectivity index (χ2v) is 4.46. The summed E-state index contributed by atoms with van der Waals surface area (Å²) >= 11 is 0. The molecule has 0 unspecified atom stereocenters. The fourth-order valence-electron chi connectivity index (χ4n) is 1.13. The van der Waals surface area contributed by atoms with Crippen LogP contribution in [-0.2, 0) is 10.3 Å². The summed E-state index contributed by atoms with van der Waals surface area (Å²) in [6.07, 6.45) is 0. The Bertz CT molecular complexity index is 476. The summed E-state index contributed by atoms with van der Waals surface area (Å²) in [6, 6.07) is 4.84. The van der Waals surface area contributed by atoms with Gasteiger partial charge in [-0.15, -0.1) is 0 Å². The standard InChI is InChI=1S/C9H14N2O4S.Na.H/c1-11(2)7-4-5-8(9(6-7)14-3)15-16(10,12)13;;/h4-6H,1-3H3,(H2,10,12,13);;. The van der Waals surface area contributed by atoms with Crippen molar-refractivity contribution in [3.05, 3.63) is 18.2 Å². The van der Waals surface area contributed by atoms with E-state index in [1.807, 2.05) is 19.0 Å². The monoisotopic (exact) mass is 270 g/mol. The Morgan fingerprint density at radius 2 is 1.82 bits per heavy atom. The molecule has 17 heavy (non-hydrogen) atoms. The zero-order valence-electron chi connectivity index (χ0n) is 9.30. The molecular formula is C9H15N2NaO4S. The number of rotatable bonds is 4. The van der Waals surface area contributed by atoms with Gasteiger partial charge in [-0.25, -0.2) is 0 Å². The molecule has 0 fully saturated rings. The van der Waals surface area contributed by atoms with Gasteiger partial charge in [-0.05, 0) is 12.1 Å². The maximum absolute atomic E-state index is 10.8. The third kappa shape index (κ3) is 5.13. The van der Waals surface area contributed by atoms with Gasteiger partial charge in [0, 0.05) is 25.8 Å². The molecule has 92 valence electrons. The Morgan fingerprint density at radius 1 is 1.24 bits per heavy atom. The summed E-state index contributed by atoms with van der Waals surface area (Å²) in [7, 11) is 1.10. The van der Waals surface area contributed by atoms with Gasteiger partial charge < -0.3 is 13.8 Å². The van der Waals surface area contributed by atoms with Crippen LogP contribution in [0.15, 0.2) is 18.2 Å². The van der Waals surface area contributed by atoms with E-state index in [0.717, 1.165) is 5.69 Å². The van der Waals surface area contributed by atoms with Crippen LogP contribution in [-0.4, -0.2) is 59.2 Å². The van der Waals surface area contributed by atoms with E-state index in [1.165, 1.54) is 13.2 Å². The quantitative estimate of drug-likeness (QED) is 0.759. The molecule has 0 aliphatic heterocycles. The Balaban J connectivity index is 0.00000256. The summed E-state index contributed by atoms with van der Waals surface area (Å²) in [6.45, 7) is 0. The van der Waals surface area contributed by atoms with Gasteiger partial charge >= 0.3 is 39.9 Å². The van der Waals surface area contributed by atoms with E-state index in [-0.39, 0.29) is 35.3 Å². The molecule has 0 aliphatic carbocycles. The minimum absolute atomic E-state index is 0. The van der Waals surface area contributed by atoms with Gasteiger partial charge in [0.2, 0.25) is 0 Å². The first-order valence-corrected chi connectivity index (χ1v) is 5.88. The van der Waals surface area contributed by atoms with Crippen LogP contribution < -0.4 is 19.0 Å². The Labute approximate surface area is 123 Å². The van der Waals surface area contributed by atoms with Crippen LogP contribution in [0.3, 0.4) is 0 Å². The van der Waals surface area contributed by atoms with Gasteiger partial charge in [0.05, 0.1) is 7.11 Å². The van der Waals surface area contributed by atoms with Crippen LogP contribution in [0.4, 0.5) is 5.69 Å². The van der Waals surface area contributed by atoms with Crippen LogP contribution in [0, 0.1) is 0 Å². The van der Waals surface area contributed by atoms with E-state index < -0.39 is 10.3 Å². The van der Waals surface area contributed by atoms with Crippen LogP contribution in [0.2, 0.25) is 0 Å². The molecule has 0 radical (unpaired) electrons. The van der Waals surface area contributed by atoms with E-state index in [2.05, 4.69) is 4.18 Å². The van der Waals surface area contributed by atoms with E-state index in [4.69, 9.17) is 9.88 Å². The number of benzene rings is 1. The van der Waals surface area contributed by atoms with Gasteiger partial charge in [-0.1, -0.05) is 0 Å². The Kier molecular flexibility index (Phi) is 6.28. The number of methoxy groups -OCH3 is 1. The van der Waals surface area contributed by atoms with Crippen molar-refractivity contribution in [2.75, 3.05) is 26.1 Å². The summed E-state index contributed by atoms with van der Waals surface area (Å²) in [4.78, 5) is 1.85. The molecule has 0 spiro atoms. The fraction of sp³-hybridized carbons (Fsp3) is 0.333. The molecule has 1 aromatic rings. The summed E-state index contributed by atoms with van der Waals surface area (Å²) in [5.74, 6) is 0.371. The van der Waals surface area contributed by atoms with Gasteiger partial charge in [-0.3, -0.25) is 0 Å². The van der Waals surface area contributed by atoms with Crippen LogP contribution in [0.25, 0.3) is 0 Å². The van der Waals surface area contributed by atoms with Gasteiger partial charge in [0.25, 0.3) is 0 Å². The first-order valence-electron chi connectivity index (χ1n) is 4.41. The maximum atomic E-state index is 10.8. The van der Waals surface area contributed by atoms with E-state index >= 15 is 0 Å². The summed E-state index contributed by atoms with van der Waals surface area (Å²) < 4.78 is 31.1. The normalized spacial score (nSPS) is 10.4. The van der Waals surface area contributed by atoms with Gasteiger partial charge in [0.15, 0.2) is 11.5 Å². The van der Waals surface area contributed by atoms with Crippen molar-refractivity contribution in [3.8, 4) is 11.5 Å². The molecule has 0 amide bonds. The molecule has 6 nitrogen and oxygen atoms in total. The molecule has 0 heterocycles. The SMILES string of the molecule is COc1cc(N(C)C)ccc1OS(N)(=O)=O.[NaH]. The number of hydrogen-bond donors (Lipinski definition) is 1. The molecule has 0 aromatic heterocycles. The van der Waals surface area contributed by atoms with Crippen molar-refractivity contribution in [2.24, 2.45) is 5.14 Å². The molecule has 0 saturated carbocycles. The number of nitrogens with two attached hydrogens (primary N) is 1.